The van der Waals surface area contributed by atoms with E-state index in [2.05, 4.69) is 111 Å². The summed E-state index contributed by atoms with van der Waals surface area (Å²) in [5.74, 6) is 0. The lowest BCUT2D eigenvalue weighted by molar-refractivity contribution is 1.45. The third-order valence-corrected chi connectivity index (χ3v) is 4.74. The summed E-state index contributed by atoms with van der Waals surface area (Å²) in [7, 11) is 0. The molecule has 0 aliphatic rings. The molecule has 0 bridgehead atoms. The zero-order valence-corrected chi connectivity index (χ0v) is 15.2. The molecule has 4 rings (SSSR count). The molecule has 0 aliphatic heterocycles. The van der Waals surface area contributed by atoms with Gasteiger partial charge in [0.25, 0.3) is 0 Å². The highest BCUT2D eigenvalue weighted by Gasteiger charge is 2.07. The van der Waals surface area contributed by atoms with E-state index in [1.165, 1.54) is 44.5 Å². The van der Waals surface area contributed by atoms with Gasteiger partial charge in [-0.2, -0.15) is 0 Å². The highest BCUT2D eigenvalue weighted by Crippen LogP contribution is 2.33. The van der Waals surface area contributed by atoms with Crippen LogP contribution in [0, 0.1) is 13.8 Å². The molecule has 0 atom stereocenters. The summed E-state index contributed by atoms with van der Waals surface area (Å²) in [6.45, 7) is 4.29. The minimum Gasteiger partial charge on any atom is -0.0622 e. The van der Waals surface area contributed by atoms with Crippen LogP contribution < -0.4 is 0 Å². The first kappa shape index (κ1) is 16.4. The highest BCUT2D eigenvalue weighted by molar-refractivity contribution is 5.81. The van der Waals surface area contributed by atoms with E-state index in [4.69, 9.17) is 0 Å². The van der Waals surface area contributed by atoms with Crippen LogP contribution in [0.3, 0.4) is 0 Å². The Bertz CT molecular complexity index is 979. The van der Waals surface area contributed by atoms with Crippen LogP contribution in [0.4, 0.5) is 0 Å². The molecule has 0 spiro atoms. The standard InChI is InChI=1S/C26H22/c1-19-8-6-12-22(14-19)25-16-24(21-10-4-3-5-11-21)17-26(18-25)23-13-7-9-20(2)15-23/h3-18H,1-2H3. The second-order valence-corrected chi connectivity index (χ2v) is 6.90. The maximum atomic E-state index is 2.30. The van der Waals surface area contributed by atoms with Crippen molar-refractivity contribution in [1.29, 1.82) is 0 Å². The van der Waals surface area contributed by atoms with Gasteiger partial charge in [0.05, 0.1) is 0 Å². The first-order chi connectivity index (χ1) is 12.7. The van der Waals surface area contributed by atoms with Gasteiger partial charge in [0, 0.05) is 0 Å². The SMILES string of the molecule is Cc1cccc(-c2cc(-c3ccccc3)cc(-c3cccc(C)c3)c2)c1. The number of aryl methyl sites for hydroxylation is 2. The molecule has 4 aromatic carbocycles. The van der Waals surface area contributed by atoms with Crippen molar-refractivity contribution >= 4 is 0 Å². The third-order valence-electron chi connectivity index (χ3n) is 4.74. The quantitative estimate of drug-likeness (QED) is 0.368. The van der Waals surface area contributed by atoms with E-state index >= 15 is 0 Å². The predicted octanol–water partition coefficient (Wildman–Crippen LogP) is 7.30. The Morgan fingerprint density at radius 3 is 1.23 bits per heavy atom. The molecule has 0 heterocycles. The van der Waals surface area contributed by atoms with E-state index in [9.17, 15) is 0 Å². The van der Waals surface area contributed by atoms with Crippen molar-refractivity contribution in [2.45, 2.75) is 13.8 Å². The number of hydrogen-bond acceptors (Lipinski definition) is 0. The van der Waals surface area contributed by atoms with Gasteiger partial charge < -0.3 is 0 Å². The summed E-state index contributed by atoms with van der Waals surface area (Å²) in [5, 5.41) is 0. The van der Waals surface area contributed by atoms with Crippen LogP contribution in [0.15, 0.2) is 97.1 Å². The Balaban J connectivity index is 1.93. The van der Waals surface area contributed by atoms with Crippen molar-refractivity contribution in [2.75, 3.05) is 0 Å². The normalized spacial score (nSPS) is 10.7. The summed E-state index contributed by atoms with van der Waals surface area (Å²) in [4.78, 5) is 0. The molecule has 4 aromatic rings. The van der Waals surface area contributed by atoms with Gasteiger partial charge in [0.15, 0.2) is 0 Å². The fraction of sp³-hybridized carbons (Fsp3) is 0.0769. The van der Waals surface area contributed by atoms with Gasteiger partial charge in [-0.25, -0.2) is 0 Å². The van der Waals surface area contributed by atoms with Gasteiger partial charge in [-0.1, -0.05) is 90.0 Å². The summed E-state index contributed by atoms with van der Waals surface area (Å²) in [6, 6.07) is 34.9. The molecule has 0 aromatic heterocycles. The monoisotopic (exact) mass is 334 g/mol. The van der Waals surface area contributed by atoms with Crippen molar-refractivity contribution in [3.8, 4) is 33.4 Å². The van der Waals surface area contributed by atoms with Gasteiger partial charge in [-0.15, -0.1) is 0 Å². The predicted molar refractivity (Wildman–Crippen MR) is 112 cm³/mol. The van der Waals surface area contributed by atoms with Crippen LogP contribution in [-0.2, 0) is 0 Å². The van der Waals surface area contributed by atoms with Gasteiger partial charge in [-0.3, -0.25) is 0 Å². The van der Waals surface area contributed by atoms with Crippen LogP contribution in [0.5, 0.6) is 0 Å². The Morgan fingerprint density at radius 1 is 0.346 bits per heavy atom. The van der Waals surface area contributed by atoms with E-state index in [1.807, 2.05) is 0 Å². The molecule has 0 saturated heterocycles. The lowest BCUT2D eigenvalue weighted by atomic mass is 9.92. The van der Waals surface area contributed by atoms with Gasteiger partial charge >= 0.3 is 0 Å². The Labute approximate surface area is 155 Å². The minimum absolute atomic E-state index is 1.25. The lowest BCUT2D eigenvalue weighted by Crippen LogP contribution is -1.87. The van der Waals surface area contributed by atoms with Crippen LogP contribution >= 0.6 is 0 Å². The Morgan fingerprint density at radius 2 is 0.769 bits per heavy atom. The molecule has 0 N–H and O–H groups in total. The fourth-order valence-corrected chi connectivity index (χ4v) is 3.41. The minimum atomic E-state index is 1.25. The Kier molecular flexibility index (Phi) is 4.41. The van der Waals surface area contributed by atoms with Crippen molar-refractivity contribution in [2.24, 2.45) is 0 Å². The molecule has 0 aliphatic carbocycles. The number of benzene rings is 4. The van der Waals surface area contributed by atoms with E-state index in [1.54, 1.807) is 0 Å². The summed E-state index contributed by atoms with van der Waals surface area (Å²) in [6.07, 6.45) is 0. The van der Waals surface area contributed by atoms with Crippen molar-refractivity contribution < 1.29 is 0 Å². The molecule has 126 valence electrons. The molecule has 0 saturated carbocycles. The van der Waals surface area contributed by atoms with E-state index in [-0.39, 0.29) is 0 Å². The molecule has 0 amide bonds. The maximum absolute atomic E-state index is 2.30. The molecule has 0 fully saturated rings. The first-order valence-corrected chi connectivity index (χ1v) is 9.04. The van der Waals surface area contributed by atoms with Gasteiger partial charge in [0.2, 0.25) is 0 Å². The molecule has 0 radical (unpaired) electrons. The van der Waals surface area contributed by atoms with Crippen LogP contribution in [0.1, 0.15) is 11.1 Å². The van der Waals surface area contributed by atoms with E-state index in [0.29, 0.717) is 0 Å². The second-order valence-electron chi connectivity index (χ2n) is 6.90. The third kappa shape index (κ3) is 3.45. The van der Waals surface area contributed by atoms with Crippen LogP contribution in [0.2, 0.25) is 0 Å². The Hall–Kier alpha value is -3.12. The zero-order valence-electron chi connectivity index (χ0n) is 15.2. The first-order valence-electron chi connectivity index (χ1n) is 9.04. The van der Waals surface area contributed by atoms with Crippen molar-refractivity contribution in [3.63, 3.8) is 0 Å². The van der Waals surface area contributed by atoms with E-state index in [0.717, 1.165) is 0 Å². The molecular weight excluding hydrogens is 312 g/mol. The number of hydrogen-bond donors (Lipinski definition) is 0. The lowest BCUT2D eigenvalue weighted by Gasteiger charge is -2.12. The van der Waals surface area contributed by atoms with Gasteiger partial charge in [0.1, 0.15) is 0 Å². The topological polar surface area (TPSA) is 0 Å². The molecule has 0 unspecified atom stereocenters. The zero-order chi connectivity index (χ0) is 17.9. The average molecular weight is 334 g/mol. The second kappa shape index (κ2) is 7.01. The summed E-state index contributed by atoms with van der Waals surface area (Å²) in [5.41, 5.74) is 10.1. The molecule has 0 nitrogen and oxygen atoms in total. The summed E-state index contributed by atoms with van der Waals surface area (Å²) >= 11 is 0. The van der Waals surface area contributed by atoms with Gasteiger partial charge in [-0.05, 0) is 65.4 Å². The molecule has 26 heavy (non-hydrogen) atoms. The summed E-state index contributed by atoms with van der Waals surface area (Å²) < 4.78 is 0. The largest absolute Gasteiger partial charge is 0.0622 e. The highest BCUT2D eigenvalue weighted by atomic mass is 14.1. The van der Waals surface area contributed by atoms with E-state index < -0.39 is 0 Å². The fourth-order valence-electron chi connectivity index (χ4n) is 3.41. The molecular formula is C26H22. The maximum Gasteiger partial charge on any atom is -0.0172 e. The average Bonchev–Trinajstić information content (AvgIpc) is 2.68. The van der Waals surface area contributed by atoms with Crippen LogP contribution in [-0.4, -0.2) is 0 Å². The molecule has 0 heteroatoms. The van der Waals surface area contributed by atoms with Crippen molar-refractivity contribution in [3.05, 3.63) is 108 Å². The van der Waals surface area contributed by atoms with Crippen LogP contribution in [0.25, 0.3) is 33.4 Å². The smallest absolute Gasteiger partial charge is 0.0172 e. The van der Waals surface area contributed by atoms with Crippen molar-refractivity contribution in [1.82, 2.24) is 0 Å². The number of rotatable bonds is 3.